The van der Waals surface area contributed by atoms with Crippen molar-refractivity contribution in [3.05, 3.63) is 29.3 Å². The van der Waals surface area contributed by atoms with Crippen molar-refractivity contribution in [2.75, 3.05) is 0 Å². The molecular weight excluding hydrogens is 327 g/mol. The van der Waals surface area contributed by atoms with E-state index in [4.69, 9.17) is 49.7 Å². The molecule has 0 N–H and O–H groups in total. The van der Waals surface area contributed by atoms with Crippen molar-refractivity contribution < 1.29 is 4.42 Å². The van der Waals surface area contributed by atoms with Gasteiger partial charge in [0.15, 0.2) is 0 Å². The normalized spacial score (nSPS) is 11.5. The van der Waals surface area contributed by atoms with Crippen LogP contribution in [0.1, 0.15) is 0 Å². The molecule has 0 bridgehead atoms. The smallest absolute Gasteiger partial charge is 0.344 e. The number of hydrogen-bond acceptors (Lipinski definition) is 4. The quantitative estimate of drug-likeness (QED) is 0.665. The Kier molecular flexibility index (Phi) is 4.01. The minimum absolute atomic E-state index is 0.0525. The molecule has 0 unspecified atom stereocenters. The van der Waals surface area contributed by atoms with Crippen LogP contribution in [-0.2, 0) is 0 Å². The highest BCUT2D eigenvalue weighted by Crippen LogP contribution is 2.66. The first kappa shape index (κ1) is 13.2. The second-order valence-corrected chi connectivity index (χ2v) is 10.3. The molecule has 0 spiro atoms. The minimum Gasteiger partial charge on any atom is -0.402 e. The maximum Gasteiger partial charge on any atom is 0.344 e. The van der Waals surface area contributed by atoms with Crippen LogP contribution in [0.3, 0.4) is 0 Å². The van der Waals surface area contributed by atoms with Crippen molar-refractivity contribution in [3.8, 4) is 11.5 Å². The van der Waals surface area contributed by atoms with E-state index >= 15 is 0 Å². The molecular formula is C8H4Cl4N3OP. The summed E-state index contributed by atoms with van der Waals surface area (Å²) in [5, 5.41) is 5.16. The summed E-state index contributed by atoms with van der Waals surface area (Å²) in [6, 6.07) is 6.84. The van der Waals surface area contributed by atoms with Crippen LogP contribution in [0.25, 0.3) is 11.5 Å². The van der Waals surface area contributed by atoms with Gasteiger partial charge in [0, 0.05) is 10.6 Å². The molecule has 9 heteroatoms. The van der Waals surface area contributed by atoms with E-state index in [1.165, 1.54) is 0 Å². The number of rotatable bonds is 2. The third kappa shape index (κ3) is 3.87. The fourth-order valence-corrected chi connectivity index (χ4v) is 2.04. The van der Waals surface area contributed by atoms with E-state index in [9.17, 15) is 0 Å². The Labute approximate surface area is 116 Å². The maximum absolute atomic E-state index is 5.76. The first-order valence-corrected chi connectivity index (χ1v) is 9.08. The Morgan fingerprint density at radius 1 is 1.06 bits per heavy atom. The zero-order chi connectivity index (χ0) is 12.5. The van der Waals surface area contributed by atoms with Crippen molar-refractivity contribution in [2.45, 2.75) is 0 Å². The average molecular weight is 331 g/mol. The van der Waals surface area contributed by atoms with Crippen molar-refractivity contribution >= 4 is 56.5 Å². The highest BCUT2D eigenvalue weighted by Gasteiger charge is 2.12. The van der Waals surface area contributed by atoms with Gasteiger partial charge in [-0.3, -0.25) is 0 Å². The molecule has 1 heterocycles. The van der Waals surface area contributed by atoms with Crippen LogP contribution in [0.5, 0.6) is 0 Å². The molecule has 1 aromatic heterocycles. The summed E-state index contributed by atoms with van der Waals surface area (Å²) in [5.74, 6) is 0.291. The van der Waals surface area contributed by atoms with E-state index in [1.807, 2.05) is 0 Å². The average Bonchev–Trinajstić information content (AvgIpc) is 2.64. The van der Waals surface area contributed by atoms with E-state index in [2.05, 4.69) is 14.9 Å². The van der Waals surface area contributed by atoms with Gasteiger partial charge in [-0.05, 0) is 58.0 Å². The zero-order valence-electron chi connectivity index (χ0n) is 8.02. The molecule has 4 nitrogen and oxygen atoms in total. The van der Waals surface area contributed by atoms with Gasteiger partial charge in [-0.15, -0.1) is 5.10 Å². The van der Waals surface area contributed by atoms with Crippen molar-refractivity contribution in [1.29, 1.82) is 0 Å². The molecule has 1 aromatic carbocycles. The predicted octanol–water partition coefficient (Wildman–Crippen LogP) is 5.68. The summed E-state index contributed by atoms with van der Waals surface area (Å²) in [6.07, 6.45) is 0. The SMILES string of the molecule is Clc1ccc(-c2nnc(N=P(Cl)(Cl)Cl)o2)cc1. The molecule has 2 rings (SSSR count). The van der Waals surface area contributed by atoms with E-state index in [-0.39, 0.29) is 6.01 Å². The van der Waals surface area contributed by atoms with Gasteiger partial charge < -0.3 is 4.42 Å². The summed E-state index contributed by atoms with van der Waals surface area (Å²) in [5.41, 5.74) is 0.714. The first-order valence-electron chi connectivity index (χ1n) is 4.25. The Balaban J connectivity index is 2.33. The molecule has 0 radical (unpaired) electrons. The van der Waals surface area contributed by atoms with E-state index < -0.39 is 5.11 Å². The topological polar surface area (TPSA) is 51.3 Å². The summed E-state index contributed by atoms with van der Waals surface area (Å²) in [7, 11) is 0. The molecule has 2 aromatic rings. The molecule has 0 atom stereocenters. The van der Waals surface area contributed by atoms with Crippen molar-refractivity contribution in [1.82, 2.24) is 10.2 Å². The molecule has 0 aliphatic heterocycles. The van der Waals surface area contributed by atoms with Gasteiger partial charge in [-0.1, -0.05) is 16.7 Å². The third-order valence-corrected chi connectivity index (χ3v) is 3.03. The Morgan fingerprint density at radius 2 is 1.71 bits per heavy atom. The minimum atomic E-state index is -2.90. The van der Waals surface area contributed by atoms with Crippen molar-refractivity contribution in [3.63, 3.8) is 0 Å². The van der Waals surface area contributed by atoms with Crippen LogP contribution < -0.4 is 0 Å². The standard InChI is InChI=1S/C8H4Cl4N3OP/c9-6-3-1-5(2-4-6)7-13-14-8(16-7)15-17(10,11)12/h1-4H. The highest BCUT2D eigenvalue weighted by molar-refractivity contribution is 8.26. The van der Waals surface area contributed by atoms with Gasteiger partial charge in [-0.2, -0.15) is 4.74 Å². The molecule has 0 amide bonds. The highest BCUT2D eigenvalue weighted by atomic mass is 36.0. The summed E-state index contributed by atoms with van der Waals surface area (Å²) < 4.78 is 8.92. The lowest BCUT2D eigenvalue weighted by molar-refractivity contribution is 0.581. The first-order chi connectivity index (χ1) is 7.94. The summed E-state index contributed by atoms with van der Waals surface area (Å²) in [4.78, 5) is 0. The molecule has 0 fully saturated rings. The van der Waals surface area contributed by atoms with Crippen molar-refractivity contribution in [2.24, 2.45) is 4.74 Å². The molecule has 0 aliphatic rings. The monoisotopic (exact) mass is 329 g/mol. The molecule has 0 aliphatic carbocycles. The fourth-order valence-electron chi connectivity index (χ4n) is 1.06. The number of aromatic nitrogens is 2. The van der Waals surface area contributed by atoms with Crippen LogP contribution in [0.2, 0.25) is 5.02 Å². The number of benzene rings is 1. The summed E-state index contributed by atoms with van der Waals surface area (Å²) in [6.45, 7) is 0. The lowest BCUT2D eigenvalue weighted by Gasteiger charge is -1.94. The van der Waals surface area contributed by atoms with Gasteiger partial charge in [0.1, 0.15) is 0 Å². The second kappa shape index (κ2) is 5.17. The van der Waals surface area contributed by atoms with Crippen LogP contribution in [-0.4, -0.2) is 10.2 Å². The van der Waals surface area contributed by atoms with Gasteiger partial charge in [-0.25, -0.2) is 0 Å². The van der Waals surface area contributed by atoms with Crippen LogP contribution in [0, 0.1) is 0 Å². The molecule has 0 saturated heterocycles. The van der Waals surface area contributed by atoms with Crippen LogP contribution >= 0.6 is 50.4 Å². The van der Waals surface area contributed by atoms with Gasteiger partial charge in [0.05, 0.1) is 0 Å². The Morgan fingerprint density at radius 3 is 2.29 bits per heavy atom. The Bertz CT molecular complexity index is 568. The van der Waals surface area contributed by atoms with E-state index in [0.717, 1.165) is 0 Å². The number of halogens is 4. The maximum atomic E-state index is 5.76. The van der Waals surface area contributed by atoms with Gasteiger partial charge in [0.25, 0.3) is 0 Å². The third-order valence-electron chi connectivity index (χ3n) is 1.70. The summed E-state index contributed by atoms with van der Waals surface area (Å²) >= 11 is 22.5. The van der Waals surface area contributed by atoms with Crippen LogP contribution in [0.15, 0.2) is 33.4 Å². The largest absolute Gasteiger partial charge is 0.402 e. The predicted molar refractivity (Wildman–Crippen MR) is 71.3 cm³/mol. The van der Waals surface area contributed by atoms with E-state index in [0.29, 0.717) is 16.5 Å². The molecule has 90 valence electrons. The second-order valence-electron chi connectivity index (χ2n) is 2.92. The van der Waals surface area contributed by atoms with Gasteiger partial charge >= 0.3 is 6.01 Å². The van der Waals surface area contributed by atoms with Gasteiger partial charge in [0.2, 0.25) is 11.0 Å². The number of nitrogens with zero attached hydrogens (tertiary/aromatic N) is 3. The lowest BCUT2D eigenvalue weighted by Crippen LogP contribution is -1.76. The molecule has 0 saturated carbocycles. The molecule has 17 heavy (non-hydrogen) atoms. The van der Waals surface area contributed by atoms with E-state index in [1.54, 1.807) is 24.3 Å². The number of hydrogen-bond donors (Lipinski definition) is 0. The zero-order valence-corrected chi connectivity index (χ0v) is 11.9. The fraction of sp³-hybridized carbons (Fsp3) is 0. The lowest BCUT2D eigenvalue weighted by atomic mass is 10.2. The Hall–Kier alpha value is -0.250. The van der Waals surface area contributed by atoms with Crippen LogP contribution in [0.4, 0.5) is 6.01 Å².